The van der Waals surface area contributed by atoms with Gasteiger partial charge in [-0.05, 0) is 31.6 Å². The molecule has 0 aromatic heterocycles. The maximum atomic E-state index is 12.5. The number of halogens is 3. The molecular weight excluding hydrogens is 271 g/mol. The van der Waals surface area contributed by atoms with Gasteiger partial charge in [0.25, 0.3) is 0 Å². The van der Waals surface area contributed by atoms with E-state index in [2.05, 4.69) is 17.6 Å². The average Bonchev–Trinajstić information content (AvgIpc) is 2.38. The van der Waals surface area contributed by atoms with Crippen LogP contribution < -0.4 is 10.6 Å². The highest BCUT2D eigenvalue weighted by Crippen LogP contribution is 2.26. The molecular formula is C13H22F3N3O. The number of hydrogen-bond acceptors (Lipinski definition) is 2. The molecule has 2 N–H and O–H groups in total. The van der Waals surface area contributed by atoms with Crippen molar-refractivity contribution in [3.05, 3.63) is 0 Å². The van der Waals surface area contributed by atoms with E-state index in [9.17, 15) is 18.0 Å². The van der Waals surface area contributed by atoms with E-state index < -0.39 is 12.2 Å². The van der Waals surface area contributed by atoms with Gasteiger partial charge in [0.05, 0.1) is 0 Å². The zero-order chi connectivity index (χ0) is 14.8. The lowest BCUT2D eigenvalue weighted by molar-refractivity contribution is -0.160. The number of piperidine rings is 2. The zero-order valence-corrected chi connectivity index (χ0v) is 11.7. The molecule has 4 nitrogen and oxygen atoms in total. The first-order valence-corrected chi connectivity index (χ1v) is 7.22. The minimum atomic E-state index is -4.20. The number of rotatable bonds is 1. The van der Waals surface area contributed by atoms with Crippen LogP contribution in [0.3, 0.4) is 0 Å². The van der Waals surface area contributed by atoms with Crippen LogP contribution in [0.1, 0.15) is 32.6 Å². The van der Waals surface area contributed by atoms with Crippen molar-refractivity contribution in [1.82, 2.24) is 15.5 Å². The Kier molecular flexibility index (Phi) is 4.78. The Labute approximate surface area is 117 Å². The lowest BCUT2D eigenvalue weighted by atomic mass is 9.99. The van der Waals surface area contributed by atoms with Crippen LogP contribution in [-0.4, -0.2) is 48.8 Å². The van der Waals surface area contributed by atoms with E-state index in [1.165, 1.54) is 0 Å². The largest absolute Gasteiger partial charge is 0.403 e. The Balaban J connectivity index is 1.76. The van der Waals surface area contributed by atoms with Gasteiger partial charge in [-0.15, -0.1) is 0 Å². The molecule has 116 valence electrons. The summed E-state index contributed by atoms with van der Waals surface area (Å²) in [5, 5.41) is 5.31. The lowest BCUT2D eigenvalue weighted by Gasteiger charge is -2.35. The highest BCUT2D eigenvalue weighted by molar-refractivity contribution is 5.74. The van der Waals surface area contributed by atoms with E-state index in [4.69, 9.17) is 0 Å². The summed E-state index contributed by atoms with van der Waals surface area (Å²) in [6.45, 7) is 3.76. The Morgan fingerprint density at radius 1 is 1.30 bits per heavy atom. The van der Waals surface area contributed by atoms with Crippen molar-refractivity contribution < 1.29 is 18.0 Å². The molecule has 0 aliphatic carbocycles. The van der Waals surface area contributed by atoms with Crippen molar-refractivity contribution >= 4 is 6.03 Å². The van der Waals surface area contributed by atoms with Crippen LogP contribution in [0, 0.1) is 5.92 Å². The van der Waals surface area contributed by atoms with E-state index in [1.54, 1.807) is 4.90 Å². The fourth-order valence-corrected chi connectivity index (χ4v) is 2.90. The van der Waals surface area contributed by atoms with Gasteiger partial charge < -0.3 is 15.5 Å². The van der Waals surface area contributed by atoms with Crippen LogP contribution in [-0.2, 0) is 0 Å². The highest BCUT2D eigenvalue weighted by atomic mass is 19.4. The molecule has 2 amide bonds. The number of urea groups is 1. The Hall–Kier alpha value is -0.980. The third-order valence-electron chi connectivity index (χ3n) is 4.08. The summed E-state index contributed by atoms with van der Waals surface area (Å²) >= 11 is 0. The molecule has 2 aliphatic heterocycles. The second-order valence-corrected chi connectivity index (χ2v) is 5.92. The molecule has 2 heterocycles. The van der Waals surface area contributed by atoms with Crippen molar-refractivity contribution in [3.63, 3.8) is 0 Å². The van der Waals surface area contributed by atoms with Gasteiger partial charge in [-0.2, -0.15) is 13.2 Å². The zero-order valence-electron chi connectivity index (χ0n) is 11.7. The SMILES string of the molecule is CC1CCCN(C(=O)NC2CCC(C(F)(F)F)NC2)C1. The van der Waals surface area contributed by atoms with E-state index in [1.807, 2.05) is 0 Å². The number of nitrogens with one attached hydrogen (secondary N) is 2. The molecule has 3 unspecified atom stereocenters. The maximum absolute atomic E-state index is 12.5. The number of nitrogens with zero attached hydrogens (tertiary/aromatic N) is 1. The summed E-state index contributed by atoms with van der Waals surface area (Å²) < 4.78 is 37.5. The quantitative estimate of drug-likeness (QED) is 0.778. The second-order valence-electron chi connectivity index (χ2n) is 5.92. The molecule has 2 fully saturated rings. The molecule has 3 atom stereocenters. The molecule has 0 spiro atoms. The Morgan fingerprint density at radius 3 is 2.60 bits per heavy atom. The molecule has 2 aliphatic rings. The summed E-state index contributed by atoms with van der Waals surface area (Å²) in [5.74, 6) is 0.494. The Morgan fingerprint density at radius 2 is 2.05 bits per heavy atom. The standard InChI is InChI=1S/C13H22F3N3O/c1-9-3-2-6-19(8-9)12(20)18-10-4-5-11(17-7-10)13(14,15)16/h9-11,17H,2-8H2,1H3,(H,18,20). The van der Waals surface area contributed by atoms with Crippen LogP contribution in [0.4, 0.5) is 18.0 Å². The number of likely N-dealkylation sites (tertiary alicyclic amines) is 1. The van der Waals surface area contributed by atoms with Gasteiger partial charge in [0.15, 0.2) is 0 Å². The van der Waals surface area contributed by atoms with Crippen LogP contribution in [0.2, 0.25) is 0 Å². The molecule has 2 saturated heterocycles. The fraction of sp³-hybridized carbons (Fsp3) is 0.923. The summed E-state index contributed by atoms with van der Waals surface area (Å²) in [7, 11) is 0. The van der Waals surface area contributed by atoms with Gasteiger partial charge >= 0.3 is 12.2 Å². The first kappa shape index (κ1) is 15.4. The molecule has 0 radical (unpaired) electrons. The third-order valence-corrected chi connectivity index (χ3v) is 4.08. The summed E-state index contributed by atoms with van der Waals surface area (Å²) in [6, 6.07) is -1.79. The van der Waals surface area contributed by atoms with E-state index in [0.717, 1.165) is 25.9 Å². The minimum Gasteiger partial charge on any atom is -0.334 e. The van der Waals surface area contributed by atoms with Crippen molar-refractivity contribution in [2.75, 3.05) is 19.6 Å². The van der Waals surface area contributed by atoms with Gasteiger partial charge in [-0.3, -0.25) is 0 Å². The van der Waals surface area contributed by atoms with Crippen molar-refractivity contribution in [3.8, 4) is 0 Å². The smallest absolute Gasteiger partial charge is 0.334 e. The van der Waals surface area contributed by atoms with Crippen LogP contribution in [0.25, 0.3) is 0 Å². The molecule has 0 aromatic rings. The number of alkyl halides is 3. The maximum Gasteiger partial charge on any atom is 0.403 e. The predicted molar refractivity (Wildman–Crippen MR) is 69.4 cm³/mol. The number of amides is 2. The van der Waals surface area contributed by atoms with Crippen molar-refractivity contribution in [1.29, 1.82) is 0 Å². The minimum absolute atomic E-state index is 0.0187. The third kappa shape index (κ3) is 4.01. The molecule has 2 rings (SSSR count). The highest BCUT2D eigenvalue weighted by Gasteiger charge is 2.41. The fourth-order valence-electron chi connectivity index (χ4n) is 2.90. The van der Waals surface area contributed by atoms with Crippen molar-refractivity contribution in [2.45, 2.75) is 50.9 Å². The van der Waals surface area contributed by atoms with E-state index >= 15 is 0 Å². The summed E-state index contributed by atoms with van der Waals surface area (Å²) in [4.78, 5) is 13.8. The second kappa shape index (κ2) is 6.20. The van der Waals surface area contributed by atoms with Crippen LogP contribution in [0.15, 0.2) is 0 Å². The van der Waals surface area contributed by atoms with Crippen molar-refractivity contribution in [2.24, 2.45) is 5.92 Å². The molecule has 20 heavy (non-hydrogen) atoms. The summed E-state index contributed by atoms with van der Waals surface area (Å²) in [5.41, 5.74) is 0. The van der Waals surface area contributed by atoms with Gasteiger partial charge in [0.2, 0.25) is 0 Å². The first-order valence-electron chi connectivity index (χ1n) is 7.22. The summed E-state index contributed by atoms with van der Waals surface area (Å²) in [6.07, 6.45) is -1.69. The number of carbonyl (C=O) groups excluding carboxylic acids is 1. The molecule has 0 saturated carbocycles. The molecule has 7 heteroatoms. The van der Waals surface area contributed by atoms with Crippen LogP contribution in [0.5, 0.6) is 0 Å². The van der Waals surface area contributed by atoms with Gasteiger partial charge in [-0.1, -0.05) is 6.92 Å². The average molecular weight is 293 g/mol. The van der Waals surface area contributed by atoms with Gasteiger partial charge in [-0.25, -0.2) is 4.79 Å². The number of hydrogen-bond donors (Lipinski definition) is 2. The molecule has 0 bridgehead atoms. The lowest BCUT2D eigenvalue weighted by Crippen LogP contribution is -2.56. The number of carbonyl (C=O) groups is 1. The van der Waals surface area contributed by atoms with E-state index in [0.29, 0.717) is 12.3 Å². The monoisotopic (exact) mass is 293 g/mol. The topological polar surface area (TPSA) is 44.4 Å². The van der Waals surface area contributed by atoms with Crippen LogP contribution >= 0.6 is 0 Å². The van der Waals surface area contributed by atoms with Gasteiger partial charge in [0, 0.05) is 25.7 Å². The van der Waals surface area contributed by atoms with E-state index in [-0.39, 0.29) is 25.0 Å². The normalized spacial score (nSPS) is 32.0. The first-order chi connectivity index (χ1) is 9.36. The predicted octanol–water partition coefficient (Wildman–Crippen LogP) is 2.11. The van der Waals surface area contributed by atoms with Gasteiger partial charge in [0.1, 0.15) is 6.04 Å². The Bertz CT molecular complexity index is 340. The molecule has 0 aromatic carbocycles.